The van der Waals surface area contributed by atoms with E-state index in [4.69, 9.17) is 4.74 Å². The largest absolute Gasteiger partial charge is 0.491 e. The number of benzene rings is 2. The van der Waals surface area contributed by atoms with Gasteiger partial charge in [0.05, 0.1) is 6.10 Å². The van der Waals surface area contributed by atoms with Gasteiger partial charge in [-0.15, -0.1) is 11.8 Å². The van der Waals surface area contributed by atoms with Gasteiger partial charge in [-0.1, -0.05) is 12.1 Å². The lowest BCUT2D eigenvalue weighted by Gasteiger charge is -2.11. The van der Waals surface area contributed by atoms with E-state index in [-0.39, 0.29) is 12.0 Å². The average molecular weight is 315 g/mol. The van der Waals surface area contributed by atoms with Crippen molar-refractivity contribution in [2.45, 2.75) is 31.4 Å². The molecule has 0 heterocycles. The highest BCUT2D eigenvalue weighted by Gasteiger charge is 2.06. The van der Waals surface area contributed by atoms with Crippen LogP contribution in [0.15, 0.2) is 53.4 Å². The Hall–Kier alpha value is -1.94. The summed E-state index contributed by atoms with van der Waals surface area (Å²) in [5, 5.41) is 2.93. The van der Waals surface area contributed by atoms with Crippen molar-refractivity contribution in [3.8, 4) is 5.75 Å². The molecule has 0 unspecified atom stereocenters. The van der Waals surface area contributed by atoms with Gasteiger partial charge in [-0.25, -0.2) is 0 Å². The van der Waals surface area contributed by atoms with E-state index < -0.39 is 0 Å². The van der Waals surface area contributed by atoms with Crippen LogP contribution in [-0.4, -0.2) is 18.3 Å². The Kier molecular flexibility index (Phi) is 5.90. The molecule has 22 heavy (non-hydrogen) atoms. The van der Waals surface area contributed by atoms with Gasteiger partial charge in [-0.3, -0.25) is 4.79 Å². The summed E-state index contributed by atoms with van der Waals surface area (Å²) >= 11 is 1.66. The van der Waals surface area contributed by atoms with E-state index >= 15 is 0 Å². The summed E-state index contributed by atoms with van der Waals surface area (Å²) < 4.78 is 5.66. The SMILES string of the molecule is CSc1ccc(C(=O)NCc2cccc(OC(C)C)c2)cc1. The van der Waals surface area contributed by atoms with Crippen molar-refractivity contribution < 1.29 is 9.53 Å². The van der Waals surface area contributed by atoms with Crippen molar-refractivity contribution in [2.24, 2.45) is 0 Å². The number of carbonyl (C=O) groups is 1. The molecule has 1 N–H and O–H groups in total. The zero-order chi connectivity index (χ0) is 15.9. The summed E-state index contributed by atoms with van der Waals surface area (Å²) in [6.45, 7) is 4.47. The molecule has 0 bridgehead atoms. The Labute approximate surface area is 136 Å². The Balaban J connectivity index is 1.95. The fourth-order valence-electron chi connectivity index (χ4n) is 2.03. The first-order chi connectivity index (χ1) is 10.6. The summed E-state index contributed by atoms with van der Waals surface area (Å²) in [5.74, 6) is 0.758. The lowest BCUT2D eigenvalue weighted by atomic mass is 10.2. The molecule has 1 amide bonds. The molecule has 0 aliphatic carbocycles. The third kappa shape index (κ3) is 4.81. The quantitative estimate of drug-likeness (QED) is 0.815. The maximum absolute atomic E-state index is 12.1. The zero-order valence-electron chi connectivity index (χ0n) is 13.1. The van der Waals surface area contributed by atoms with Gasteiger partial charge in [0.15, 0.2) is 0 Å². The molecule has 0 aromatic heterocycles. The Morgan fingerprint density at radius 3 is 2.55 bits per heavy atom. The topological polar surface area (TPSA) is 38.3 Å². The summed E-state index contributed by atoms with van der Waals surface area (Å²) in [6.07, 6.45) is 2.15. The number of amides is 1. The minimum absolute atomic E-state index is 0.0668. The number of hydrogen-bond acceptors (Lipinski definition) is 3. The number of hydrogen-bond donors (Lipinski definition) is 1. The molecule has 0 saturated carbocycles. The summed E-state index contributed by atoms with van der Waals surface area (Å²) in [4.78, 5) is 13.3. The molecule has 116 valence electrons. The molecular formula is C18H21NO2S. The minimum Gasteiger partial charge on any atom is -0.491 e. The van der Waals surface area contributed by atoms with Gasteiger partial charge in [-0.2, -0.15) is 0 Å². The second-order valence-electron chi connectivity index (χ2n) is 5.23. The fraction of sp³-hybridized carbons (Fsp3) is 0.278. The average Bonchev–Trinajstić information content (AvgIpc) is 2.52. The van der Waals surface area contributed by atoms with Crippen LogP contribution in [0.5, 0.6) is 5.75 Å². The molecular weight excluding hydrogens is 294 g/mol. The smallest absolute Gasteiger partial charge is 0.251 e. The lowest BCUT2D eigenvalue weighted by Crippen LogP contribution is -2.22. The van der Waals surface area contributed by atoms with Gasteiger partial charge >= 0.3 is 0 Å². The zero-order valence-corrected chi connectivity index (χ0v) is 13.9. The molecule has 0 aliphatic heterocycles. The van der Waals surface area contributed by atoms with Crippen LogP contribution in [0.25, 0.3) is 0 Å². The predicted octanol–water partition coefficient (Wildman–Crippen LogP) is 4.13. The standard InChI is InChI=1S/C18H21NO2S/c1-13(2)21-16-6-4-5-14(11-16)12-19-18(20)15-7-9-17(22-3)10-8-15/h4-11,13H,12H2,1-3H3,(H,19,20). The summed E-state index contributed by atoms with van der Waals surface area (Å²) in [6, 6.07) is 15.4. The van der Waals surface area contributed by atoms with Gasteiger partial charge in [-0.05, 0) is 62.1 Å². The second kappa shape index (κ2) is 7.90. The van der Waals surface area contributed by atoms with Gasteiger partial charge < -0.3 is 10.1 Å². The number of ether oxygens (including phenoxy) is 1. The molecule has 4 heteroatoms. The van der Waals surface area contributed by atoms with E-state index in [0.717, 1.165) is 16.2 Å². The van der Waals surface area contributed by atoms with Gasteiger partial charge in [0.2, 0.25) is 0 Å². The van der Waals surface area contributed by atoms with Crippen LogP contribution in [0.3, 0.4) is 0 Å². The maximum atomic E-state index is 12.1. The number of thioether (sulfide) groups is 1. The Bertz CT molecular complexity index is 623. The van der Waals surface area contributed by atoms with E-state index in [1.54, 1.807) is 11.8 Å². The van der Waals surface area contributed by atoms with Gasteiger partial charge in [0, 0.05) is 17.0 Å². The molecule has 0 atom stereocenters. The van der Waals surface area contributed by atoms with Crippen LogP contribution in [0, 0.1) is 0 Å². The van der Waals surface area contributed by atoms with Crippen LogP contribution < -0.4 is 10.1 Å². The molecule has 2 aromatic rings. The molecule has 0 aliphatic rings. The van der Waals surface area contributed by atoms with Crippen LogP contribution in [-0.2, 0) is 6.54 Å². The van der Waals surface area contributed by atoms with Crippen molar-refractivity contribution in [1.82, 2.24) is 5.32 Å². The van der Waals surface area contributed by atoms with Crippen LogP contribution in [0.2, 0.25) is 0 Å². The molecule has 0 spiro atoms. The molecule has 2 rings (SSSR count). The molecule has 0 fully saturated rings. The Morgan fingerprint density at radius 2 is 1.91 bits per heavy atom. The van der Waals surface area contributed by atoms with Crippen molar-refractivity contribution in [3.05, 3.63) is 59.7 Å². The molecule has 2 aromatic carbocycles. The van der Waals surface area contributed by atoms with Crippen molar-refractivity contribution >= 4 is 17.7 Å². The summed E-state index contributed by atoms with van der Waals surface area (Å²) in [7, 11) is 0. The number of rotatable bonds is 6. The highest BCUT2D eigenvalue weighted by atomic mass is 32.2. The van der Waals surface area contributed by atoms with E-state index in [1.165, 1.54) is 0 Å². The predicted molar refractivity (Wildman–Crippen MR) is 91.6 cm³/mol. The first-order valence-corrected chi connectivity index (χ1v) is 8.49. The molecule has 0 saturated heterocycles. The first kappa shape index (κ1) is 16.4. The van der Waals surface area contributed by atoms with E-state index in [2.05, 4.69) is 5.32 Å². The minimum atomic E-state index is -0.0668. The number of nitrogens with one attached hydrogen (secondary N) is 1. The summed E-state index contributed by atoms with van der Waals surface area (Å²) in [5.41, 5.74) is 1.69. The number of carbonyl (C=O) groups excluding carboxylic acids is 1. The van der Waals surface area contributed by atoms with E-state index in [1.807, 2.05) is 68.6 Å². The van der Waals surface area contributed by atoms with E-state index in [0.29, 0.717) is 12.1 Å². The third-order valence-electron chi connectivity index (χ3n) is 3.08. The van der Waals surface area contributed by atoms with Gasteiger partial charge in [0.1, 0.15) is 5.75 Å². The fourth-order valence-corrected chi connectivity index (χ4v) is 2.44. The van der Waals surface area contributed by atoms with E-state index in [9.17, 15) is 4.79 Å². The van der Waals surface area contributed by atoms with Crippen LogP contribution >= 0.6 is 11.8 Å². The van der Waals surface area contributed by atoms with Crippen molar-refractivity contribution in [2.75, 3.05) is 6.26 Å². The van der Waals surface area contributed by atoms with Crippen LogP contribution in [0.1, 0.15) is 29.8 Å². The highest BCUT2D eigenvalue weighted by molar-refractivity contribution is 7.98. The normalized spacial score (nSPS) is 10.5. The maximum Gasteiger partial charge on any atom is 0.251 e. The Morgan fingerprint density at radius 1 is 1.18 bits per heavy atom. The first-order valence-electron chi connectivity index (χ1n) is 7.26. The third-order valence-corrected chi connectivity index (χ3v) is 3.82. The highest BCUT2D eigenvalue weighted by Crippen LogP contribution is 2.16. The molecule has 0 radical (unpaired) electrons. The lowest BCUT2D eigenvalue weighted by molar-refractivity contribution is 0.0950. The van der Waals surface area contributed by atoms with Crippen molar-refractivity contribution in [3.63, 3.8) is 0 Å². The van der Waals surface area contributed by atoms with Crippen molar-refractivity contribution in [1.29, 1.82) is 0 Å². The second-order valence-corrected chi connectivity index (χ2v) is 6.10. The monoisotopic (exact) mass is 315 g/mol. The molecule has 3 nitrogen and oxygen atoms in total. The van der Waals surface area contributed by atoms with Crippen LogP contribution in [0.4, 0.5) is 0 Å². The van der Waals surface area contributed by atoms with Gasteiger partial charge in [0.25, 0.3) is 5.91 Å².